The van der Waals surface area contributed by atoms with Gasteiger partial charge in [0.05, 0.1) is 25.1 Å². The fraction of sp³-hybridized carbons (Fsp3) is 0.250. The van der Waals surface area contributed by atoms with Crippen LogP contribution < -0.4 is 20.5 Å². The van der Waals surface area contributed by atoms with Crippen LogP contribution in [0.3, 0.4) is 0 Å². The van der Waals surface area contributed by atoms with Crippen LogP contribution in [0.25, 0.3) is 0 Å². The molecule has 1 heterocycles. The molecule has 0 atom stereocenters. The van der Waals surface area contributed by atoms with Gasteiger partial charge < -0.3 is 20.5 Å². The predicted molar refractivity (Wildman–Crippen MR) is 92.6 cm³/mol. The Balaban J connectivity index is 0.00000264. The fourth-order valence-electron chi connectivity index (χ4n) is 1.87. The minimum absolute atomic E-state index is 0. The van der Waals surface area contributed by atoms with E-state index in [-0.39, 0.29) is 18.3 Å². The van der Waals surface area contributed by atoms with Crippen molar-refractivity contribution in [2.75, 3.05) is 24.3 Å². The van der Waals surface area contributed by atoms with Crippen molar-refractivity contribution in [3.05, 3.63) is 42.1 Å². The molecule has 0 fully saturated rings. The van der Waals surface area contributed by atoms with Crippen molar-refractivity contribution in [3.63, 3.8) is 0 Å². The standard InChI is InChI=1S/C16H19N3O3.ClH/c1-3-21-13-7-5-11(9-14(13)22-4-2)16(20)19-12-6-8-15(17)18-10-12;/h5-10H,3-4H2,1-2H3,(H2,17,18)(H,19,20);1H. The van der Waals surface area contributed by atoms with Crippen molar-refractivity contribution in [2.45, 2.75) is 13.8 Å². The summed E-state index contributed by atoms with van der Waals surface area (Å²) < 4.78 is 11.0. The molecule has 0 aliphatic carbocycles. The summed E-state index contributed by atoms with van der Waals surface area (Å²) >= 11 is 0. The van der Waals surface area contributed by atoms with Crippen molar-refractivity contribution in [2.24, 2.45) is 0 Å². The molecule has 0 saturated heterocycles. The van der Waals surface area contributed by atoms with E-state index in [0.29, 0.717) is 41.8 Å². The van der Waals surface area contributed by atoms with Crippen LogP contribution in [-0.2, 0) is 0 Å². The minimum Gasteiger partial charge on any atom is -0.490 e. The molecular weight excluding hydrogens is 318 g/mol. The maximum Gasteiger partial charge on any atom is 0.255 e. The molecule has 124 valence electrons. The van der Waals surface area contributed by atoms with Crippen molar-refractivity contribution in [1.82, 2.24) is 4.98 Å². The van der Waals surface area contributed by atoms with Gasteiger partial charge in [0.15, 0.2) is 11.5 Å². The second-order valence-corrected chi connectivity index (χ2v) is 4.45. The lowest BCUT2D eigenvalue weighted by atomic mass is 10.2. The molecule has 1 aromatic carbocycles. The van der Waals surface area contributed by atoms with Gasteiger partial charge in [0.2, 0.25) is 0 Å². The maximum absolute atomic E-state index is 12.3. The lowest BCUT2D eigenvalue weighted by Gasteiger charge is -2.12. The van der Waals surface area contributed by atoms with E-state index in [1.54, 1.807) is 30.3 Å². The van der Waals surface area contributed by atoms with Crippen LogP contribution in [0.4, 0.5) is 11.5 Å². The SMILES string of the molecule is CCOc1ccc(C(=O)Nc2ccc(N)nc2)cc1OCC.Cl. The van der Waals surface area contributed by atoms with Crippen LogP contribution in [0.15, 0.2) is 36.5 Å². The number of nitrogens with two attached hydrogens (primary N) is 1. The third-order valence-electron chi connectivity index (χ3n) is 2.85. The topological polar surface area (TPSA) is 86.5 Å². The minimum atomic E-state index is -0.254. The Morgan fingerprint density at radius 1 is 1.13 bits per heavy atom. The molecular formula is C16H20ClN3O3. The summed E-state index contributed by atoms with van der Waals surface area (Å²) in [4.78, 5) is 16.2. The highest BCUT2D eigenvalue weighted by Gasteiger charge is 2.12. The van der Waals surface area contributed by atoms with E-state index in [1.807, 2.05) is 13.8 Å². The van der Waals surface area contributed by atoms with Gasteiger partial charge in [-0.05, 0) is 44.2 Å². The number of anilines is 2. The first-order valence-electron chi connectivity index (χ1n) is 7.06. The molecule has 0 radical (unpaired) electrons. The van der Waals surface area contributed by atoms with Crippen LogP contribution in [-0.4, -0.2) is 24.1 Å². The van der Waals surface area contributed by atoms with Crippen LogP contribution in [0.5, 0.6) is 11.5 Å². The summed E-state index contributed by atoms with van der Waals surface area (Å²) in [6, 6.07) is 8.39. The number of rotatable bonds is 6. The van der Waals surface area contributed by atoms with Gasteiger partial charge in [0.25, 0.3) is 5.91 Å². The summed E-state index contributed by atoms with van der Waals surface area (Å²) in [6.07, 6.45) is 1.51. The molecule has 1 aromatic heterocycles. The molecule has 2 aromatic rings. The molecule has 6 nitrogen and oxygen atoms in total. The van der Waals surface area contributed by atoms with E-state index in [1.165, 1.54) is 6.20 Å². The Morgan fingerprint density at radius 2 is 1.83 bits per heavy atom. The molecule has 0 bridgehead atoms. The number of ether oxygens (including phenoxy) is 2. The van der Waals surface area contributed by atoms with Gasteiger partial charge in [-0.15, -0.1) is 12.4 Å². The molecule has 3 N–H and O–H groups in total. The fourth-order valence-corrected chi connectivity index (χ4v) is 1.87. The summed E-state index contributed by atoms with van der Waals surface area (Å²) in [6.45, 7) is 4.79. The van der Waals surface area contributed by atoms with E-state index >= 15 is 0 Å². The monoisotopic (exact) mass is 337 g/mol. The van der Waals surface area contributed by atoms with Crippen LogP contribution in [0.2, 0.25) is 0 Å². The number of carbonyl (C=O) groups excluding carboxylic acids is 1. The predicted octanol–water partition coefficient (Wildman–Crippen LogP) is 3.14. The lowest BCUT2D eigenvalue weighted by Crippen LogP contribution is -2.12. The van der Waals surface area contributed by atoms with Gasteiger partial charge in [-0.25, -0.2) is 4.98 Å². The second kappa shape index (κ2) is 8.85. The number of hydrogen-bond acceptors (Lipinski definition) is 5. The third kappa shape index (κ3) is 5.03. The Labute approximate surface area is 141 Å². The molecule has 0 aliphatic heterocycles. The van der Waals surface area contributed by atoms with Gasteiger partial charge in [-0.1, -0.05) is 0 Å². The molecule has 0 saturated carbocycles. The number of benzene rings is 1. The Morgan fingerprint density at radius 3 is 2.43 bits per heavy atom. The van der Waals surface area contributed by atoms with Crippen LogP contribution in [0, 0.1) is 0 Å². The zero-order valence-corrected chi connectivity index (χ0v) is 13.9. The third-order valence-corrected chi connectivity index (χ3v) is 2.85. The zero-order valence-electron chi connectivity index (χ0n) is 13.0. The van der Waals surface area contributed by atoms with Gasteiger partial charge >= 0.3 is 0 Å². The van der Waals surface area contributed by atoms with Crippen molar-refractivity contribution < 1.29 is 14.3 Å². The Bertz CT molecular complexity index is 648. The Kier molecular flexibility index (Phi) is 7.15. The first kappa shape index (κ1) is 18.6. The number of nitrogens with one attached hydrogen (secondary N) is 1. The molecule has 0 unspecified atom stereocenters. The molecule has 2 rings (SSSR count). The van der Waals surface area contributed by atoms with E-state index in [9.17, 15) is 4.79 Å². The zero-order chi connectivity index (χ0) is 15.9. The summed E-state index contributed by atoms with van der Waals surface area (Å²) in [5.41, 5.74) is 6.56. The highest BCUT2D eigenvalue weighted by molar-refractivity contribution is 6.04. The van der Waals surface area contributed by atoms with Crippen molar-refractivity contribution in [3.8, 4) is 11.5 Å². The van der Waals surface area contributed by atoms with Crippen molar-refractivity contribution in [1.29, 1.82) is 0 Å². The average molecular weight is 338 g/mol. The first-order chi connectivity index (χ1) is 10.6. The van der Waals surface area contributed by atoms with Gasteiger partial charge in [0.1, 0.15) is 5.82 Å². The van der Waals surface area contributed by atoms with E-state index < -0.39 is 0 Å². The number of amides is 1. The smallest absolute Gasteiger partial charge is 0.255 e. The van der Waals surface area contributed by atoms with Gasteiger partial charge in [0, 0.05) is 5.56 Å². The number of hydrogen-bond donors (Lipinski definition) is 2. The molecule has 23 heavy (non-hydrogen) atoms. The van der Waals surface area contributed by atoms with Crippen LogP contribution in [0.1, 0.15) is 24.2 Å². The quantitative estimate of drug-likeness (QED) is 0.845. The molecule has 7 heteroatoms. The highest BCUT2D eigenvalue weighted by Crippen LogP contribution is 2.28. The van der Waals surface area contributed by atoms with E-state index in [0.717, 1.165) is 0 Å². The van der Waals surface area contributed by atoms with Gasteiger partial charge in [-0.3, -0.25) is 4.79 Å². The summed E-state index contributed by atoms with van der Waals surface area (Å²) in [5, 5.41) is 2.75. The number of pyridine rings is 1. The molecule has 0 spiro atoms. The number of carbonyl (C=O) groups is 1. The number of nitrogen functional groups attached to an aromatic ring is 1. The molecule has 0 aliphatic rings. The second-order valence-electron chi connectivity index (χ2n) is 4.45. The molecule has 1 amide bonds. The summed E-state index contributed by atoms with van der Waals surface area (Å²) in [5.74, 6) is 1.32. The number of aromatic nitrogens is 1. The maximum atomic E-state index is 12.3. The number of halogens is 1. The number of nitrogens with zero attached hydrogens (tertiary/aromatic N) is 1. The van der Waals surface area contributed by atoms with E-state index in [2.05, 4.69) is 10.3 Å². The summed E-state index contributed by atoms with van der Waals surface area (Å²) in [7, 11) is 0. The van der Waals surface area contributed by atoms with Crippen molar-refractivity contribution >= 4 is 29.8 Å². The van der Waals surface area contributed by atoms with Gasteiger partial charge in [-0.2, -0.15) is 0 Å². The first-order valence-corrected chi connectivity index (χ1v) is 7.06. The largest absolute Gasteiger partial charge is 0.490 e. The average Bonchev–Trinajstić information content (AvgIpc) is 2.51. The van der Waals surface area contributed by atoms with E-state index in [4.69, 9.17) is 15.2 Å². The van der Waals surface area contributed by atoms with Crippen LogP contribution >= 0.6 is 12.4 Å². The normalized spacial score (nSPS) is 9.65. The Hall–Kier alpha value is -2.47. The lowest BCUT2D eigenvalue weighted by molar-refractivity contribution is 0.102. The highest BCUT2D eigenvalue weighted by atomic mass is 35.5.